The lowest BCUT2D eigenvalue weighted by Crippen LogP contribution is -2.27. The summed E-state index contributed by atoms with van der Waals surface area (Å²) in [6.45, 7) is 3.79. The minimum Gasteiger partial charge on any atom is -0.330 e. The molecular weight excluding hydrogens is 275 g/mol. The molecule has 0 heterocycles. The van der Waals surface area contributed by atoms with Crippen molar-refractivity contribution in [3.63, 3.8) is 0 Å². The van der Waals surface area contributed by atoms with E-state index >= 15 is 0 Å². The summed E-state index contributed by atoms with van der Waals surface area (Å²) in [7, 11) is 0. The molecule has 0 aliphatic rings. The van der Waals surface area contributed by atoms with Crippen molar-refractivity contribution in [2.75, 3.05) is 11.9 Å². The lowest BCUT2D eigenvalue weighted by Gasteiger charge is -2.12. The molecule has 1 amide bonds. The Balaban J connectivity index is 2.90. The number of hydrogen-bond donors (Lipinski definition) is 2. The normalized spacial score (nSPS) is 12.3. The number of benzene rings is 1. The number of nitrogens with one attached hydrogen (secondary N) is 1. The highest BCUT2D eigenvalue weighted by Crippen LogP contribution is 2.24. The summed E-state index contributed by atoms with van der Waals surface area (Å²) in [5.74, 6) is -0.889. The van der Waals surface area contributed by atoms with E-state index in [0.29, 0.717) is 10.2 Å². The highest BCUT2D eigenvalue weighted by molar-refractivity contribution is 9.10. The number of amides is 1. The molecular formula is C11H14BrFN2O. The second-order valence-corrected chi connectivity index (χ2v) is 4.56. The molecule has 0 aromatic heterocycles. The third-order valence-electron chi connectivity index (χ3n) is 2.33. The van der Waals surface area contributed by atoms with Gasteiger partial charge in [0.2, 0.25) is 5.91 Å². The van der Waals surface area contributed by atoms with E-state index in [1.165, 1.54) is 6.07 Å². The smallest absolute Gasteiger partial charge is 0.228 e. The minimum atomic E-state index is -0.402. The fourth-order valence-electron chi connectivity index (χ4n) is 1.14. The van der Waals surface area contributed by atoms with Crippen LogP contribution >= 0.6 is 15.9 Å². The van der Waals surface area contributed by atoms with E-state index in [1.54, 1.807) is 19.9 Å². The first-order valence-corrected chi connectivity index (χ1v) is 5.71. The molecule has 3 N–H and O–H groups in total. The van der Waals surface area contributed by atoms with E-state index in [2.05, 4.69) is 21.2 Å². The lowest BCUT2D eigenvalue weighted by molar-refractivity contribution is -0.119. The van der Waals surface area contributed by atoms with Gasteiger partial charge in [-0.25, -0.2) is 4.39 Å². The Morgan fingerprint density at radius 1 is 1.62 bits per heavy atom. The van der Waals surface area contributed by atoms with Crippen LogP contribution in [0.25, 0.3) is 0 Å². The third kappa shape index (κ3) is 3.02. The number of carbonyl (C=O) groups is 1. The molecule has 0 saturated heterocycles. The lowest BCUT2D eigenvalue weighted by atomic mass is 10.1. The molecule has 1 atom stereocenters. The fourth-order valence-corrected chi connectivity index (χ4v) is 1.60. The zero-order valence-corrected chi connectivity index (χ0v) is 10.8. The Morgan fingerprint density at radius 2 is 2.25 bits per heavy atom. The number of carbonyl (C=O) groups excluding carboxylic acids is 1. The summed E-state index contributed by atoms with van der Waals surface area (Å²) in [4.78, 5) is 11.6. The number of rotatable bonds is 3. The Labute approximate surface area is 102 Å². The summed E-state index contributed by atoms with van der Waals surface area (Å²) in [5.41, 5.74) is 6.65. The van der Waals surface area contributed by atoms with Gasteiger partial charge in [0.15, 0.2) is 0 Å². The second-order valence-electron chi connectivity index (χ2n) is 3.71. The maximum atomic E-state index is 13.3. The fraction of sp³-hybridized carbons (Fsp3) is 0.364. The van der Waals surface area contributed by atoms with Crippen LogP contribution in [0.3, 0.4) is 0 Å². The molecule has 1 rings (SSSR count). The molecule has 0 aliphatic carbocycles. The van der Waals surface area contributed by atoms with Crippen LogP contribution in [-0.2, 0) is 4.79 Å². The summed E-state index contributed by atoms with van der Waals surface area (Å²) in [6.07, 6.45) is 0. The number of halogens is 2. The Kier molecular flexibility index (Phi) is 4.44. The highest BCUT2D eigenvalue weighted by Gasteiger charge is 2.13. The number of aryl methyl sites for hydroxylation is 1. The molecule has 0 fully saturated rings. The van der Waals surface area contributed by atoms with Gasteiger partial charge in [0.1, 0.15) is 5.82 Å². The van der Waals surface area contributed by atoms with Crippen molar-refractivity contribution in [2.24, 2.45) is 11.7 Å². The van der Waals surface area contributed by atoms with Crippen LogP contribution in [0.5, 0.6) is 0 Å². The number of nitrogens with two attached hydrogens (primary N) is 1. The van der Waals surface area contributed by atoms with Crippen molar-refractivity contribution in [1.29, 1.82) is 0 Å². The summed E-state index contributed by atoms with van der Waals surface area (Å²) in [6, 6.07) is 2.92. The van der Waals surface area contributed by atoms with Gasteiger partial charge in [-0.3, -0.25) is 4.79 Å². The summed E-state index contributed by atoms with van der Waals surface area (Å²) < 4.78 is 13.7. The summed E-state index contributed by atoms with van der Waals surface area (Å²) in [5, 5.41) is 2.65. The van der Waals surface area contributed by atoms with Crippen molar-refractivity contribution in [1.82, 2.24) is 0 Å². The average molecular weight is 289 g/mol. The molecule has 0 saturated carbocycles. The van der Waals surface area contributed by atoms with E-state index < -0.39 is 5.82 Å². The largest absolute Gasteiger partial charge is 0.330 e. The first kappa shape index (κ1) is 13.1. The van der Waals surface area contributed by atoms with Gasteiger partial charge in [0.05, 0.1) is 4.47 Å². The van der Waals surface area contributed by atoms with Gasteiger partial charge in [-0.05, 0) is 40.5 Å². The van der Waals surface area contributed by atoms with Gasteiger partial charge in [-0.15, -0.1) is 0 Å². The molecule has 1 aromatic carbocycles. The zero-order valence-electron chi connectivity index (χ0n) is 9.18. The Bertz CT molecular complexity index is 409. The number of anilines is 1. The molecule has 0 aliphatic heterocycles. The van der Waals surface area contributed by atoms with Crippen LogP contribution < -0.4 is 11.1 Å². The molecule has 0 bridgehead atoms. The van der Waals surface area contributed by atoms with E-state index in [0.717, 1.165) is 5.56 Å². The molecule has 0 radical (unpaired) electrons. The van der Waals surface area contributed by atoms with E-state index in [1.807, 2.05) is 0 Å². The van der Waals surface area contributed by atoms with Crippen molar-refractivity contribution in [3.8, 4) is 0 Å². The van der Waals surface area contributed by atoms with Crippen molar-refractivity contribution >= 4 is 27.5 Å². The Morgan fingerprint density at radius 3 is 2.81 bits per heavy atom. The molecule has 1 unspecified atom stereocenters. The molecule has 88 valence electrons. The molecule has 16 heavy (non-hydrogen) atoms. The van der Waals surface area contributed by atoms with Crippen LogP contribution in [-0.4, -0.2) is 12.5 Å². The first-order chi connectivity index (χ1) is 7.45. The maximum absolute atomic E-state index is 13.3. The van der Waals surface area contributed by atoms with E-state index in [4.69, 9.17) is 5.73 Å². The highest BCUT2D eigenvalue weighted by atomic mass is 79.9. The standard InChI is InChI=1S/C11H14BrFN2O/c1-6-3-8(12)9(13)4-10(6)15-11(16)7(2)5-14/h3-4,7H,5,14H2,1-2H3,(H,15,16). The van der Waals surface area contributed by atoms with Gasteiger partial charge in [0, 0.05) is 18.2 Å². The minimum absolute atomic E-state index is 0.202. The van der Waals surface area contributed by atoms with Gasteiger partial charge < -0.3 is 11.1 Å². The topological polar surface area (TPSA) is 55.1 Å². The van der Waals surface area contributed by atoms with Gasteiger partial charge in [0.25, 0.3) is 0 Å². The summed E-state index contributed by atoms with van der Waals surface area (Å²) >= 11 is 3.08. The Hall–Kier alpha value is -0.940. The van der Waals surface area contributed by atoms with Crippen LogP contribution in [0.2, 0.25) is 0 Å². The molecule has 3 nitrogen and oxygen atoms in total. The van der Waals surface area contributed by atoms with Crippen molar-refractivity contribution < 1.29 is 9.18 Å². The van der Waals surface area contributed by atoms with Crippen LogP contribution in [0, 0.1) is 18.7 Å². The molecule has 0 spiro atoms. The van der Waals surface area contributed by atoms with Crippen LogP contribution in [0.15, 0.2) is 16.6 Å². The zero-order chi connectivity index (χ0) is 12.3. The van der Waals surface area contributed by atoms with Gasteiger partial charge >= 0.3 is 0 Å². The predicted octanol–water partition coefficient (Wildman–Crippen LogP) is 2.43. The van der Waals surface area contributed by atoms with E-state index in [-0.39, 0.29) is 18.4 Å². The maximum Gasteiger partial charge on any atom is 0.228 e. The van der Waals surface area contributed by atoms with Crippen LogP contribution in [0.1, 0.15) is 12.5 Å². The third-order valence-corrected chi connectivity index (χ3v) is 2.93. The van der Waals surface area contributed by atoms with E-state index in [9.17, 15) is 9.18 Å². The predicted molar refractivity (Wildman–Crippen MR) is 65.7 cm³/mol. The van der Waals surface area contributed by atoms with Crippen molar-refractivity contribution in [3.05, 3.63) is 28.0 Å². The van der Waals surface area contributed by atoms with Gasteiger partial charge in [-0.2, -0.15) is 0 Å². The first-order valence-electron chi connectivity index (χ1n) is 4.92. The molecule has 5 heteroatoms. The second kappa shape index (κ2) is 5.41. The van der Waals surface area contributed by atoms with Crippen molar-refractivity contribution in [2.45, 2.75) is 13.8 Å². The monoisotopic (exact) mass is 288 g/mol. The number of hydrogen-bond acceptors (Lipinski definition) is 2. The van der Waals surface area contributed by atoms with Crippen LogP contribution in [0.4, 0.5) is 10.1 Å². The average Bonchev–Trinajstić information content (AvgIpc) is 2.24. The van der Waals surface area contributed by atoms with Gasteiger partial charge in [-0.1, -0.05) is 6.92 Å². The quantitative estimate of drug-likeness (QED) is 0.898. The molecule has 1 aromatic rings. The SMILES string of the molecule is Cc1cc(Br)c(F)cc1NC(=O)C(C)CN.